The Morgan fingerprint density at radius 1 is 1.64 bits per heavy atom. The topological polar surface area (TPSA) is 63.1 Å². The second kappa shape index (κ2) is 5.59. The molecule has 0 aliphatic heterocycles. The molecular weight excluding hydrogens is 200 g/mol. The summed E-state index contributed by atoms with van der Waals surface area (Å²) < 4.78 is 0. The molecule has 1 aromatic heterocycles. The minimum absolute atomic E-state index is 0.205. The molecule has 0 aliphatic carbocycles. The minimum atomic E-state index is -0.960. The van der Waals surface area contributed by atoms with Crippen molar-refractivity contribution in [1.29, 1.82) is 0 Å². The monoisotopic (exact) mass is 212 g/mol. The molecule has 0 bridgehead atoms. The summed E-state index contributed by atoms with van der Waals surface area (Å²) in [4.78, 5) is 18.4. The van der Waals surface area contributed by atoms with Gasteiger partial charge >= 0.3 is 5.97 Å². The molecule has 0 radical (unpaired) electrons. The molecule has 0 aliphatic rings. The first-order valence-corrected chi connectivity index (χ1v) is 5.51. The standard InChI is InChI=1S/C9H12N2O2S/c1-2-3-14-5-8-7(9(12)13)4-10-6-11-8/h4,6H,2-3,5H2,1H3,(H,12,13). The van der Waals surface area contributed by atoms with Gasteiger partial charge in [0.15, 0.2) is 0 Å². The maximum Gasteiger partial charge on any atom is 0.339 e. The average molecular weight is 212 g/mol. The maximum atomic E-state index is 10.8. The summed E-state index contributed by atoms with van der Waals surface area (Å²) in [7, 11) is 0. The fourth-order valence-electron chi connectivity index (χ4n) is 0.962. The van der Waals surface area contributed by atoms with Crippen molar-refractivity contribution in [3.63, 3.8) is 0 Å². The van der Waals surface area contributed by atoms with Crippen LogP contribution in [0, 0.1) is 0 Å². The van der Waals surface area contributed by atoms with Crippen LogP contribution in [0.2, 0.25) is 0 Å². The molecule has 0 spiro atoms. The molecule has 76 valence electrons. The number of hydrogen-bond acceptors (Lipinski definition) is 4. The van der Waals surface area contributed by atoms with Gasteiger partial charge in [0, 0.05) is 11.9 Å². The fraction of sp³-hybridized carbons (Fsp3) is 0.444. The summed E-state index contributed by atoms with van der Waals surface area (Å²) in [6.45, 7) is 2.09. The van der Waals surface area contributed by atoms with Crippen molar-refractivity contribution in [2.45, 2.75) is 19.1 Å². The third kappa shape index (κ3) is 2.99. The van der Waals surface area contributed by atoms with E-state index in [0.717, 1.165) is 12.2 Å². The van der Waals surface area contributed by atoms with E-state index < -0.39 is 5.97 Å². The first-order chi connectivity index (χ1) is 6.75. The van der Waals surface area contributed by atoms with Crippen molar-refractivity contribution in [3.8, 4) is 0 Å². The molecule has 5 heteroatoms. The Morgan fingerprint density at radius 2 is 2.43 bits per heavy atom. The number of carbonyl (C=O) groups is 1. The summed E-state index contributed by atoms with van der Waals surface area (Å²) in [5.41, 5.74) is 0.807. The van der Waals surface area contributed by atoms with Crippen molar-refractivity contribution in [1.82, 2.24) is 9.97 Å². The van der Waals surface area contributed by atoms with Crippen LogP contribution in [-0.4, -0.2) is 26.8 Å². The van der Waals surface area contributed by atoms with Gasteiger partial charge in [0.1, 0.15) is 11.9 Å². The van der Waals surface area contributed by atoms with Crippen molar-refractivity contribution >= 4 is 17.7 Å². The lowest BCUT2D eigenvalue weighted by Crippen LogP contribution is -2.04. The predicted molar refractivity (Wildman–Crippen MR) is 55.4 cm³/mol. The lowest BCUT2D eigenvalue weighted by atomic mass is 10.2. The smallest absolute Gasteiger partial charge is 0.339 e. The van der Waals surface area contributed by atoms with Gasteiger partial charge in [0.25, 0.3) is 0 Å². The van der Waals surface area contributed by atoms with E-state index in [1.54, 1.807) is 11.8 Å². The quantitative estimate of drug-likeness (QED) is 0.754. The van der Waals surface area contributed by atoms with Crippen LogP contribution in [0.15, 0.2) is 12.5 Å². The highest BCUT2D eigenvalue weighted by Gasteiger charge is 2.10. The molecule has 0 amide bonds. The van der Waals surface area contributed by atoms with Gasteiger partial charge in [-0.1, -0.05) is 6.92 Å². The van der Waals surface area contributed by atoms with Gasteiger partial charge in [-0.25, -0.2) is 14.8 Å². The normalized spacial score (nSPS) is 10.1. The zero-order chi connectivity index (χ0) is 10.4. The van der Waals surface area contributed by atoms with E-state index in [4.69, 9.17) is 5.11 Å². The Hall–Kier alpha value is -1.10. The summed E-state index contributed by atoms with van der Waals surface area (Å²) in [5.74, 6) is 0.693. The molecule has 0 aromatic carbocycles. The highest BCUT2D eigenvalue weighted by atomic mass is 32.2. The first-order valence-electron chi connectivity index (χ1n) is 4.35. The van der Waals surface area contributed by atoms with Gasteiger partial charge in [-0.3, -0.25) is 0 Å². The van der Waals surface area contributed by atoms with Gasteiger partial charge in [0.05, 0.1) is 5.69 Å². The Kier molecular flexibility index (Phi) is 4.39. The Bertz CT molecular complexity index is 317. The highest BCUT2D eigenvalue weighted by Crippen LogP contribution is 2.13. The van der Waals surface area contributed by atoms with Crippen LogP contribution in [0.5, 0.6) is 0 Å². The number of nitrogens with zero attached hydrogens (tertiary/aromatic N) is 2. The second-order valence-electron chi connectivity index (χ2n) is 2.74. The SMILES string of the molecule is CCCSCc1ncncc1C(=O)O. The summed E-state index contributed by atoms with van der Waals surface area (Å²) in [6, 6.07) is 0. The number of aromatic carboxylic acids is 1. The van der Waals surface area contributed by atoms with E-state index in [2.05, 4.69) is 16.9 Å². The number of rotatable bonds is 5. The number of thioether (sulfide) groups is 1. The van der Waals surface area contributed by atoms with Crippen LogP contribution in [0.25, 0.3) is 0 Å². The van der Waals surface area contributed by atoms with Crippen molar-refractivity contribution in [3.05, 3.63) is 23.8 Å². The van der Waals surface area contributed by atoms with Crippen LogP contribution in [0.3, 0.4) is 0 Å². The Labute approximate surface area is 86.8 Å². The third-order valence-corrected chi connectivity index (χ3v) is 2.79. The van der Waals surface area contributed by atoms with Gasteiger partial charge in [0.2, 0.25) is 0 Å². The van der Waals surface area contributed by atoms with Crippen molar-refractivity contribution in [2.24, 2.45) is 0 Å². The fourth-order valence-corrected chi connectivity index (χ4v) is 1.82. The summed E-state index contributed by atoms with van der Waals surface area (Å²) in [5, 5.41) is 8.83. The van der Waals surface area contributed by atoms with E-state index in [1.807, 2.05) is 0 Å². The van der Waals surface area contributed by atoms with Crippen LogP contribution < -0.4 is 0 Å². The molecule has 0 atom stereocenters. The Balaban J connectivity index is 2.69. The average Bonchev–Trinajstić information content (AvgIpc) is 2.19. The van der Waals surface area contributed by atoms with E-state index in [1.165, 1.54) is 12.5 Å². The molecule has 4 nitrogen and oxygen atoms in total. The summed E-state index contributed by atoms with van der Waals surface area (Å²) >= 11 is 1.68. The van der Waals surface area contributed by atoms with E-state index in [0.29, 0.717) is 11.4 Å². The largest absolute Gasteiger partial charge is 0.478 e. The third-order valence-electron chi connectivity index (χ3n) is 1.61. The van der Waals surface area contributed by atoms with Gasteiger partial charge in [-0.2, -0.15) is 11.8 Å². The number of carboxylic acid groups (broad SMARTS) is 1. The molecule has 14 heavy (non-hydrogen) atoms. The van der Waals surface area contributed by atoms with Crippen LogP contribution in [0.1, 0.15) is 29.4 Å². The minimum Gasteiger partial charge on any atom is -0.478 e. The predicted octanol–water partition coefficient (Wildman–Crippen LogP) is 1.82. The molecule has 0 unspecified atom stereocenters. The van der Waals surface area contributed by atoms with Crippen molar-refractivity contribution in [2.75, 3.05) is 5.75 Å². The molecule has 1 rings (SSSR count). The van der Waals surface area contributed by atoms with Crippen LogP contribution in [0.4, 0.5) is 0 Å². The molecule has 1 aromatic rings. The maximum absolute atomic E-state index is 10.8. The molecule has 1 heterocycles. The first kappa shape index (κ1) is 11.0. The molecule has 0 saturated heterocycles. The molecular formula is C9H12N2O2S. The zero-order valence-electron chi connectivity index (χ0n) is 7.93. The lowest BCUT2D eigenvalue weighted by molar-refractivity contribution is 0.0695. The van der Waals surface area contributed by atoms with Gasteiger partial charge in [-0.05, 0) is 12.2 Å². The highest BCUT2D eigenvalue weighted by molar-refractivity contribution is 7.98. The van der Waals surface area contributed by atoms with E-state index in [-0.39, 0.29) is 5.56 Å². The zero-order valence-corrected chi connectivity index (χ0v) is 8.75. The number of aromatic nitrogens is 2. The molecule has 0 saturated carbocycles. The van der Waals surface area contributed by atoms with E-state index in [9.17, 15) is 4.79 Å². The number of carboxylic acids is 1. The second-order valence-corrected chi connectivity index (χ2v) is 3.85. The lowest BCUT2D eigenvalue weighted by Gasteiger charge is -2.02. The van der Waals surface area contributed by atoms with Crippen LogP contribution in [-0.2, 0) is 5.75 Å². The number of hydrogen-bond donors (Lipinski definition) is 1. The van der Waals surface area contributed by atoms with Crippen molar-refractivity contribution < 1.29 is 9.90 Å². The van der Waals surface area contributed by atoms with Gasteiger partial charge in [-0.15, -0.1) is 0 Å². The van der Waals surface area contributed by atoms with E-state index >= 15 is 0 Å². The Morgan fingerprint density at radius 3 is 3.07 bits per heavy atom. The van der Waals surface area contributed by atoms with Crippen LogP contribution >= 0.6 is 11.8 Å². The molecule has 0 fully saturated rings. The van der Waals surface area contributed by atoms with Gasteiger partial charge < -0.3 is 5.11 Å². The summed E-state index contributed by atoms with van der Waals surface area (Å²) in [6.07, 6.45) is 3.81. The molecule has 1 N–H and O–H groups in total.